The molecule has 0 saturated heterocycles. The van der Waals surface area contributed by atoms with Crippen LogP contribution in [0.3, 0.4) is 0 Å². The first-order valence-corrected chi connectivity index (χ1v) is 8.05. The zero-order valence-electron chi connectivity index (χ0n) is 13.3. The highest BCUT2D eigenvalue weighted by Gasteiger charge is 2.34. The smallest absolute Gasteiger partial charge is 0.136 e. The number of aromatic nitrogens is 2. The van der Waals surface area contributed by atoms with Gasteiger partial charge in [-0.05, 0) is 38.5 Å². The molecule has 0 aliphatic heterocycles. The molecule has 2 aliphatic carbocycles. The number of nitrogens with zero attached hydrogens (tertiary/aromatic N) is 3. The second-order valence-electron chi connectivity index (χ2n) is 6.26. The fourth-order valence-electron chi connectivity index (χ4n) is 2.80. The maximum atomic E-state index is 5.29. The van der Waals surface area contributed by atoms with Crippen molar-refractivity contribution < 1.29 is 4.74 Å². The summed E-state index contributed by atoms with van der Waals surface area (Å²) in [6.07, 6.45) is 5.12. The van der Waals surface area contributed by atoms with Crippen LogP contribution in [-0.4, -0.2) is 43.3 Å². The Kier molecular flexibility index (Phi) is 4.29. The van der Waals surface area contributed by atoms with Gasteiger partial charge in [-0.1, -0.05) is 0 Å². The molecule has 2 saturated carbocycles. The number of methoxy groups -OCH3 is 1. The van der Waals surface area contributed by atoms with Gasteiger partial charge in [-0.3, -0.25) is 0 Å². The van der Waals surface area contributed by atoms with E-state index in [0.29, 0.717) is 12.0 Å². The van der Waals surface area contributed by atoms with E-state index in [2.05, 4.69) is 28.2 Å². The van der Waals surface area contributed by atoms with Crippen LogP contribution in [0.5, 0.6) is 0 Å². The molecule has 1 unspecified atom stereocenters. The van der Waals surface area contributed by atoms with Crippen molar-refractivity contribution in [3.63, 3.8) is 0 Å². The van der Waals surface area contributed by atoms with Crippen LogP contribution in [-0.2, 0) is 4.74 Å². The summed E-state index contributed by atoms with van der Waals surface area (Å²) in [5.74, 6) is 4.35. The lowest BCUT2D eigenvalue weighted by Crippen LogP contribution is -2.38. The van der Waals surface area contributed by atoms with Crippen molar-refractivity contribution in [2.75, 3.05) is 37.5 Å². The number of nitrogens with one attached hydrogen (secondary N) is 1. The van der Waals surface area contributed by atoms with Crippen molar-refractivity contribution in [2.24, 2.45) is 5.92 Å². The Morgan fingerprint density at radius 3 is 2.67 bits per heavy atom. The van der Waals surface area contributed by atoms with Gasteiger partial charge in [-0.25, -0.2) is 9.97 Å². The maximum Gasteiger partial charge on any atom is 0.136 e. The van der Waals surface area contributed by atoms with Gasteiger partial charge in [-0.15, -0.1) is 0 Å². The Morgan fingerprint density at radius 2 is 2.10 bits per heavy atom. The van der Waals surface area contributed by atoms with Gasteiger partial charge in [0, 0.05) is 38.7 Å². The lowest BCUT2D eigenvalue weighted by atomic mass is 10.2. The lowest BCUT2D eigenvalue weighted by Gasteiger charge is -2.30. The minimum atomic E-state index is 0.520. The van der Waals surface area contributed by atoms with E-state index in [1.165, 1.54) is 25.7 Å². The molecule has 0 amide bonds. The predicted molar refractivity (Wildman–Crippen MR) is 85.0 cm³/mol. The van der Waals surface area contributed by atoms with Crippen molar-refractivity contribution in [1.82, 2.24) is 9.97 Å². The third-order valence-electron chi connectivity index (χ3n) is 4.55. The third-order valence-corrected chi connectivity index (χ3v) is 4.55. The van der Waals surface area contributed by atoms with Crippen LogP contribution in [0.15, 0.2) is 6.07 Å². The average Bonchev–Trinajstić information content (AvgIpc) is 3.39. The van der Waals surface area contributed by atoms with E-state index in [-0.39, 0.29) is 0 Å². The van der Waals surface area contributed by atoms with Gasteiger partial charge >= 0.3 is 0 Å². The quantitative estimate of drug-likeness (QED) is 0.797. The van der Waals surface area contributed by atoms with Crippen molar-refractivity contribution in [2.45, 2.75) is 44.6 Å². The molecule has 1 aromatic rings. The molecule has 0 spiro atoms. The van der Waals surface area contributed by atoms with Gasteiger partial charge in [0.15, 0.2) is 0 Å². The third kappa shape index (κ3) is 3.46. The summed E-state index contributed by atoms with van der Waals surface area (Å²) in [6.45, 7) is 3.93. The van der Waals surface area contributed by atoms with Crippen LogP contribution < -0.4 is 10.2 Å². The minimum Gasteiger partial charge on any atom is -0.383 e. The number of rotatable bonds is 8. The second-order valence-corrected chi connectivity index (χ2v) is 6.26. The highest BCUT2D eigenvalue weighted by atomic mass is 16.5. The predicted octanol–water partition coefficient (Wildman–Crippen LogP) is 2.65. The van der Waals surface area contributed by atoms with E-state index in [1.54, 1.807) is 7.11 Å². The summed E-state index contributed by atoms with van der Waals surface area (Å²) in [4.78, 5) is 11.9. The fourth-order valence-corrected chi connectivity index (χ4v) is 2.80. The number of hydrogen-bond acceptors (Lipinski definition) is 5. The lowest BCUT2D eigenvalue weighted by molar-refractivity contribution is 0.202. The molecule has 21 heavy (non-hydrogen) atoms. The molecule has 5 nitrogen and oxygen atoms in total. The van der Waals surface area contributed by atoms with Gasteiger partial charge in [0.25, 0.3) is 0 Å². The van der Waals surface area contributed by atoms with Gasteiger partial charge in [0.05, 0.1) is 6.61 Å². The molecule has 5 heteroatoms. The monoisotopic (exact) mass is 290 g/mol. The van der Waals surface area contributed by atoms with Crippen LogP contribution in [0, 0.1) is 5.92 Å². The molecule has 2 fully saturated rings. The molecule has 3 rings (SSSR count). The molecule has 1 heterocycles. The van der Waals surface area contributed by atoms with Gasteiger partial charge in [0.1, 0.15) is 17.5 Å². The first-order valence-electron chi connectivity index (χ1n) is 8.05. The van der Waals surface area contributed by atoms with Gasteiger partial charge < -0.3 is 15.0 Å². The Hall–Kier alpha value is -1.36. The summed E-state index contributed by atoms with van der Waals surface area (Å²) < 4.78 is 5.29. The zero-order valence-corrected chi connectivity index (χ0v) is 13.3. The summed E-state index contributed by atoms with van der Waals surface area (Å²) in [5.41, 5.74) is 0. The maximum absolute atomic E-state index is 5.29. The second kappa shape index (κ2) is 6.18. The van der Waals surface area contributed by atoms with E-state index in [1.807, 2.05) is 7.05 Å². The van der Waals surface area contributed by atoms with Crippen molar-refractivity contribution in [3.8, 4) is 0 Å². The van der Waals surface area contributed by atoms with Crippen LogP contribution >= 0.6 is 0 Å². The molecule has 116 valence electrons. The molecule has 1 N–H and O–H groups in total. The van der Waals surface area contributed by atoms with Crippen LogP contribution in [0.25, 0.3) is 0 Å². The van der Waals surface area contributed by atoms with E-state index in [0.717, 1.165) is 36.5 Å². The van der Waals surface area contributed by atoms with Crippen LogP contribution in [0.1, 0.15) is 44.3 Å². The first kappa shape index (κ1) is 14.6. The topological polar surface area (TPSA) is 50.3 Å². The molecule has 0 bridgehead atoms. The first-order chi connectivity index (χ1) is 10.2. The van der Waals surface area contributed by atoms with Crippen molar-refractivity contribution >= 4 is 11.6 Å². The van der Waals surface area contributed by atoms with Crippen LogP contribution in [0.4, 0.5) is 11.6 Å². The number of hydrogen-bond donors (Lipinski definition) is 1. The zero-order chi connectivity index (χ0) is 14.8. The average molecular weight is 290 g/mol. The minimum absolute atomic E-state index is 0.520. The molecule has 1 atom stereocenters. The SMILES string of the molecule is CNc1cc(N(CCOC)C(C)C2CC2)nc(C2CC2)n1. The molecular weight excluding hydrogens is 264 g/mol. The summed E-state index contributed by atoms with van der Waals surface area (Å²) in [6, 6.07) is 2.59. The largest absolute Gasteiger partial charge is 0.383 e. The Balaban J connectivity index is 1.86. The molecule has 0 radical (unpaired) electrons. The standard InChI is InChI=1S/C16H26N4O/c1-11(12-4-5-12)20(8-9-21-3)15-10-14(17-2)18-16(19-15)13-6-7-13/h10-13H,4-9H2,1-3H3,(H,17,18,19). The van der Waals surface area contributed by atoms with Crippen molar-refractivity contribution in [1.29, 1.82) is 0 Å². The Morgan fingerprint density at radius 1 is 1.33 bits per heavy atom. The fraction of sp³-hybridized carbons (Fsp3) is 0.750. The molecule has 1 aromatic heterocycles. The van der Waals surface area contributed by atoms with Gasteiger partial charge in [-0.2, -0.15) is 0 Å². The van der Waals surface area contributed by atoms with Crippen molar-refractivity contribution in [3.05, 3.63) is 11.9 Å². The van der Waals surface area contributed by atoms with E-state index >= 15 is 0 Å². The van der Waals surface area contributed by atoms with E-state index in [9.17, 15) is 0 Å². The van der Waals surface area contributed by atoms with E-state index < -0.39 is 0 Å². The van der Waals surface area contributed by atoms with Gasteiger partial charge in [0.2, 0.25) is 0 Å². The van der Waals surface area contributed by atoms with E-state index in [4.69, 9.17) is 9.72 Å². The molecule has 0 aromatic carbocycles. The molecular formula is C16H26N4O. The Labute approximate surface area is 127 Å². The molecule has 2 aliphatic rings. The normalized spacial score (nSPS) is 19.4. The highest BCUT2D eigenvalue weighted by molar-refractivity contribution is 5.50. The number of anilines is 2. The summed E-state index contributed by atoms with van der Waals surface area (Å²) in [7, 11) is 3.68. The summed E-state index contributed by atoms with van der Waals surface area (Å²) >= 11 is 0. The highest BCUT2D eigenvalue weighted by Crippen LogP contribution is 2.40. The van der Waals surface area contributed by atoms with Crippen LogP contribution in [0.2, 0.25) is 0 Å². The Bertz CT molecular complexity index is 485. The summed E-state index contributed by atoms with van der Waals surface area (Å²) in [5, 5.41) is 3.18. The number of ether oxygens (including phenoxy) is 1.